The summed E-state index contributed by atoms with van der Waals surface area (Å²) in [4.78, 5) is 24.0. The van der Waals surface area contributed by atoms with Crippen LogP contribution in [0.25, 0.3) is 0 Å². The second-order valence-corrected chi connectivity index (χ2v) is 14.4. The lowest BCUT2D eigenvalue weighted by Crippen LogP contribution is -2.59. The van der Waals surface area contributed by atoms with E-state index in [1.54, 1.807) is 0 Å². The van der Waals surface area contributed by atoms with Gasteiger partial charge in [-0.3, -0.25) is 4.79 Å². The van der Waals surface area contributed by atoms with Crippen LogP contribution in [0, 0.1) is 5.41 Å². The highest BCUT2D eigenvalue weighted by atomic mass is 28.4. The summed E-state index contributed by atoms with van der Waals surface area (Å²) in [6.45, 7) is 16.8. The first-order chi connectivity index (χ1) is 12.2. The largest absolute Gasteiger partial charge is 0.467 e. The van der Waals surface area contributed by atoms with Crippen molar-refractivity contribution >= 4 is 20.1 Å². The van der Waals surface area contributed by atoms with E-state index in [9.17, 15) is 14.7 Å². The highest BCUT2D eigenvalue weighted by Crippen LogP contribution is 2.45. The van der Waals surface area contributed by atoms with Gasteiger partial charge < -0.3 is 19.0 Å². The molecule has 0 radical (unpaired) electrons. The Balaban J connectivity index is 3.20. The van der Waals surface area contributed by atoms with Crippen LogP contribution < -0.4 is 0 Å². The molecule has 1 N–H and O–H groups in total. The summed E-state index contributed by atoms with van der Waals surface area (Å²) in [5.41, 5.74) is -0.424. The lowest BCUT2D eigenvalue weighted by Gasteiger charge is -2.52. The number of methoxy groups -OCH3 is 1. The number of aliphatic hydroxyl groups excluding tert-OH is 1. The summed E-state index contributed by atoms with van der Waals surface area (Å²) in [5, 5.41) is 10.4. The first kappa shape index (κ1) is 24.3. The number of ketones is 1. The van der Waals surface area contributed by atoms with Gasteiger partial charge in [-0.1, -0.05) is 41.5 Å². The number of carbonyl (C=O) groups is 2. The first-order valence-electron chi connectivity index (χ1n) is 9.78. The second-order valence-electron chi connectivity index (χ2n) is 9.65. The molecule has 4 atom stereocenters. The molecule has 0 bridgehead atoms. The Bertz CT molecular complexity index is 537. The van der Waals surface area contributed by atoms with Gasteiger partial charge in [0.15, 0.2) is 14.4 Å². The van der Waals surface area contributed by atoms with Crippen LogP contribution >= 0.6 is 0 Å². The SMILES string of the molecule is CCC(=O)C[C@@H]1O[C@H]([C@H](O)C(=O)OC)C[C@@H](O[Si](C)(C)C(C)(C)C)C1(C)C. The van der Waals surface area contributed by atoms with Crippen molar-refractivity contribution in [3.05, 3.63) is 0 Å². The minimum Gasteiger partial charge on any atom is -0.467 e. The van der Waals surface area contributed by atoms with E-state index in [0.29, 0.717) is 12.8 Å². The fourth-order valence-corrected chi connectivity index (χ4v) is 4.50. The van der Waals surface area contributed by atoms with E-state index in [1.165, 1.54) is 7.11 Å². The van der Waals surface area contributed by atoms with Crippen molar-refractivity contribution in [2.45, 2.75) is 103 Å². The van der Waals surface area contributed by atoms with Crippen LogP contribution in [0.3, 0.4) is 0 Å². The van der Waals surface area contributed by atoms with Crippen molar-refractivity contribution in [2.24, 2.45) is 5.41 Å². The van der Waals surface area contributed by atoms with Crippen LogP contribution in [0.1, 0.15) is 60.8 Å². The normalized spacial score (nSPS) is 27.1. The number of carbonyl (C=O) groups excluding carboxylic acids is 2. The highest BCUT2D eigenvalue weighted by molar-refractivity contribution is 6.74. The third-order valence-electron chi connectivity index (χ3n) is 6.29. The molecule has 0 aromatic carbocycles. The summed E-state index contributed by atoms with van der Waals surface area (Å²) in [7, 11) is -0.861. The van der Waals surface area contributed by atoms with Gasteiger partial charge in [-0.05, 0) is 18.1 Å². The van der Waals surface area contributed by atoms with E-state index in [1.807, 2.05) is 20.8 Å². The lowest BCUT2D eigenvalue weighted by atomic mass is 9.74. The molecule has 1 aliphatic rings. The van der Waals surface area contributed by atoms with Crippen LogP contribution in [0.2, 0.25) is 18.1 Å². The molecule has 6 nitrogen and oxygen atoms in total. The average molecular weight is 403 g/mol. The molecule has 1 fully saturated rings. The molecular weight excluding hydrogens is 364 g/mol. The molecule has 158 valence electrons. The number of hydrogen-bond donors (Lipinski definition) is 1. The standard InChI is InChI=1S/C20H38O6Si/c1-10-13(21)11-15-20(5,6)16(26-27(8,9)19(2,3)4)12-14(25-15)17(22)18(23)24-7/h14-17,22H,10-12H2,1-9H3/t14-,15-,16+,17-/m0/s1. The van der Waals surface area contributed by atoms with E-state index in [-0.39, 0.29) is 23.3 Å². The molecule has 1 aliphatic heterocycles. The van der Waals surface area contributed by atoms with Gasteiger partial charge in [0, 0.05) is 24.7 Å². The molecule has 1 saturated heterocycles. The molecule has 1 heterocycles. The van der Waals surface area contributed by atoms with E-state index in [0.717, 1.165) is 0 Å². The molecule has 0 aromatic rings. The molecule has 0 aliphatic carbocycles. The van der Waals surface area contributed by atoms with Gasteiger partial charge >= 0.3 is 5.97 Å². The number of aliphatic hydroxyl groups is 1. The van der Waals surface area contributed by atoms with E-state index < -0.39 is 38.0 Å². The van der Waals surface area contributed by atoms with Gasteiger partial charge in [-0.25, -0.2) is 4.79 Å². The Morgan fingerprint density at radius 3 is 2.30 bits per heavy atom. The van der Waals surface area contributed by atoms with Gasteiger partial charge in [-0.2, -0.15) is 0 Å². The van der Waals surface area contributed by atoms with Crippen LogP contribution in [0.4, 0.5) is 0 Å². The summed E-state index contributed by atoms with van der Waals surface area (Å²) in [5.74, 6) is -0.640. The monoisotopic (exact) mass is 402 g/mol. The predicted molar refractivity (Wildman–Crippen MR) is 107 cm³/mol. The van der Waals surface area contributed by atoms with Gasteiger partial charge in [0.2, 0.25) is 0 Å². The number of Topliss-reactive ketones (excluding diaryl/α,β-unsaturated/α-hetero) is 1. The quantitative estimate of drug-likeness (QED) is 0.519. The smallest absolute Gasteiger partial charge is 0.337 e. The zero-order valence-corrected chi connectivity index (χ0v) is 19.4. The molecule has 0 aromatic heterocycles. The van der Waals surface area contributed by atoms with Gasteiger partial charge in [0.25, 0.3) is 0 Å². The molecule has 0 saturated carbocycles. The van der Waals surface area contributed by atoms with E-state index in [2.05, 4.69) is 38.6 Å². The molecule has 1 rings (SSSR count). The Morgan fingerprint density at radius 2 is 1.85 bits per heavy atom. The average Bonchev–Trinajstić information content (AvgIpc) is 2.55. The van der Waals surface area contributed by atoms with Gasteiger partial charge in [0.05, 0.1) is 25.4 Å². The van der Waals surface area contributed by atoms with Crippen molar-refractivity contribution in [1.82, 2.24) is 0 Å². The maximum atomic E-state index is 12.1. The van der Waals surface area contributed by atoms with Gasteiger partial charge in [0.1, 0.15) is 5.78 Å². The third kappa shape index (κ3) is 5.62. The zero-order valence-electron chi connectivity index (χ0n) is 18.4. The van der Waals surface area contributed by atoms with Crippen molar-refractivity contribution < 1.29 is 28.6 Å². The molecular formula is C20H38O6Si. The fraction of sp³-hybridized carbons (Fsp3) is 0.900. The van der Waals surface area contributed by atoms with Crippen molar-refractivity contribution in [3.8, 4) is 0 Å². The summed E-state index contributed by atoms with van der Waals surface area (Å²) in [6.07, 6.45) is -1.76. The summed E-state index contributed by atoms with van der Waals surface area (Å²) >= 11 is 0. The predicted octanol–water partition coefficient (Wildman–Crippen LogP) is 3.46. The van der Waals surface area contributed by atoms with Gasteiger partial charge in [-0.15, -0.1) is 0 Å². The number of rotatable bonds is 7. The van der Waals surface area contributed by atoms with Crippen molar-refractivity contribution in [1.29, 1.82) is 0 Å². The maximum absolute atomic E-state index is 12.1. The minimum absolute atomic E-state index is 0.0204. The molecule has 27 heavy (non-hydrogen) atoms. The van der Waals surface area contributed by atoms with Crippen molar-refractivity contribution in [2.75, 3.05) is 7.11 Å². The van der Waals surface area contributed by atoms with Crippen LogP contribution in [0.15, 0.2) is 0 Å². The second kappa shape index (κ2) is 8.72. The topological polar surface area (TPSA) is 82.1 Å². The minimum atomic E-state index is -2.10. The molecule has 0 amide bonds. The fourth-order valence-electron chi connectivity index (χ4n) is 3.03. The third-order valence-corrected chi connectivity index (χ3v) is 10.8. The van der Waals surface area contributed by atoms with E-state index >= 15 is 0 Å². The molecule has 7 heteroatoms. The number of ether oxygens (including phenoxy) is 2. The highest BCUT2D eigenvalue weighted by Gasteiger charge is 2.51. The Morgan fingerprint density at radius 1 is 1.30 bits per heavy atom. The number of hydrogen-bond acceptors (Lipinski definition) is 6. The van der Waals surface area contributed by atoms with Crippen LogP contribution in [-0.2, 0) is 23.5 Å². The zero-order chi connectivity index (χ0) is 21.2. The Kier molecular flexibility index (Phi) is 7.84. The van der Waals surface area contributed by atoms with Crippen LogP contribution in [0.5, 0.6) is 0 Å². The maximum Gasteiger partial charge on any atom is 0.337 e. The Hall–Kier alpha value is -0.763. The van der Waals surface area contributed by atoms with Crippen LogP contribution in [-0.4, -0.2) is 56.7 Å². The molecule has 0 spiro atoms. The number of esters is 1. The Labute approximate surface area is 165 Å². The lowest BCUT2D eigenvalue weighted by molar-refractivity contribution is -0.204. The summed E-state index contributed by atoms with van der Waals surface area (Å²) in [6, 6.07) is 0. The summed E-state index contributed by atoms with van der Waals surface area (Å²) < 4.78 is 17.4. The first-order valence-corrected chi connectivity index (χ1v) is 12.7. The molecule has 0 unspecified atom stereocenters. The van der Waals surface area contributed by atoms with E-state index in [4.69, 9.17) is 9.16 Å². The van der Waals surface area contributed by atoms with Crippen molar-refractivity contribution in [3.63, 3.8) is 0 Å².